The van der Waals surface area contributed by atoms with E-state index in [4.69, 9.17) is 5.11 Å². The van der Waals surface area contributed by atoms with Gasteiger partial charge < -0.3 is 7.96 Å². The van der Waals surface area contributed by atoms with Gasteiger partial charge in [0, 0.05) is 0 Å². The van der Waals surface area contributed by atoms with Gasteiger partial charge in [-0.3, -0.25) is 4.79 Å². The summed E-state index contributed by atoms with van der Waals surface area (Å²) >= 11 is 0. The van der Waals surface area contributed by atoms with Crippen molar-refractivity contribution in [3.63, 3.8) is 0 Å². The standard InChI is InChI=1S/C10H12O2.Li.Na.2H/c1-10(2,9(11)12)8-6-4-3-5-7-8;;;;/h3-7H,1-2H3,(H,11,12);;;;/q;2*+1;2*-1. The first kappa shape index (κ1) is 16.7. The minimum absolute atomic E-state index is 0. The van der Waals surface area contributed by atoms with Gasteiger partial charge in [-0.2, -0.15) is 0 Å². The maximum Gasteiger partial charge on any atom is 1.00 e. The predicted octanol–water partition coefficient (Wildman–Crippen LogP) is -3.72. The van der Waals surface area contributed by atoms with E-state index in [0.717, 1.165) is 5.56 Å². The molecule has 0 saturated heterocycles. The second-order valence-electron chi connectivity index (χ2n) is 3.30. The second kappa shape index (κ2) is 6.71. The van der Waals surface area contributed by atoms with Crippen molar-refractivity contribution in [3.8, 4) is 0 Å². The molecule has 0 atom stereocenters. The second-order valence-corrected chi connectivity index (χ2v) is 3.30. The fourth-order valence-corrected chi connectivity index (χ4v) is 0.978. The SMILES string of the molecule is CC(C)(C(=O)O)c1ccccc1.[H-].[H-].[Li+].[Na+]. The average molecular weight is 196 g/mol. The summed E-state index contributed by atoms with van der Waals surface area (Å²) in [5.41, 5.74) is 0.0406. The van der Waals surface area contributed by atoms with Crippen molar-refractivity contribution in [2.24, 2.45) is 0 Å². The van der Waals surface area contributed by atoms with E-state index in [9.17, 15) is 4.79 Å². The molecule has 68 valence electrons. The summed E-state index contributed by atoms with van der Waals surface area (Å²) in [7, 11) is 0. The van der Waals surface area contributed by atoms with Crippen LogP contribution in [0.3, 0.4) is 0 Å². The van der Waals surface area contributed by atoms with Crippen molar-refractivity contribution in [2.45, 2.75) is 19.3 Å². The minimum atomic E-state index is -0.797. The monoisotopic (exact) mass is 196 g/mol. The summed E-state index contributed by atoms with van der Waals surface area (Å²) < 4.78 is 0. The maximum atomic E-state index is 10.8. The first-order valence-corrected chi connectivity index (χ1v) is 3.84. The molecule has 1 rings (SSSR count). The van der Waals surface area contributed by atoms with Gasteiger partial charge >= 0.3 is 54.4 Å². The van der Waals surface area contributed by atoms with Crippen molar-refractivity contribution < 1.29 is 61.2 Å². The number of hydrogen-bond donors (Lipinski definition) is 1. The molecule has 0 radical (unpaired) electrons. The Morgan fingerprint density at radius 3 is 2.07 bits per heavy atom. The van der Waals surface area contributed by atoms with Gasteiger partial charge in [0.05, 0.1) is 5.41 Å². The molecule has 0 aliphatic carbocycles. The van der Waals surface area contributed by atoms with Crippen LogP contribution in [0.1, 0.15) is 22.3 Å². The van der Waals surface area contributed by atoms with Crippen LogP contribution in [0.2, 0.25) is 0 Å². The fraction of sp³-hybridized carbons (Fsp3) is 0.300. The molecule has 0 heterocycles. The van der Waals surface area contributed by atoms with Crippen molar-refractivity contribution in [3.05, 3.63) is 35.9 Å². The molecule has 0 aliphatic rings. The summed E-state index contributed by atoms with van der Waals surface area (Å²) in [4.78, 5) is 10.8. The maximum absolute atomic E-state index is 10.8. The molecule has 0 amide bonds. The molecule has 1 aromatic carbocycles. The molecule has 14 heavy (non-hydrogen) atoms. The Morgan fingerprint density at radius 2 is 1.71 bits per heavy atom. The van der Waals surface area contributed by atoms with Gasteiger partial charge in [-0.15, -0.1) is 0 Å². The molecule has 0 saturated carbocycles. The van der Waals surface area contributed by atoms with Gasteiger partial charge in [-0.25, -0.2) is 0 Å². The van der Waals surface area contributed by atoms with Crippen LogP contribution >= 0.6 is 0 Å². The summed E-state index contributed by atoms with van der Waals surface area (Å²) in [5, 5.41) is 8.89. The van der Waals surface area contributed by atoms with E-state index in [2.05, 4.69) is 0 Å². The molecule has 0 unspecified atom stereocenters. The number of carboxylic acid groups (broad SMARTS) is 1. The average Bonchev–Trinajstić information content (AvgIpc) is 2.06. The van der Waals surface area contributed by atoms with Crippen LogP contribution in [-0.2, 0) is 10.2 Å². The van der Waals surface area contributed by atoms with Crippen LogP contribution in [0.25, 0.3) is 0 Å². The van der Waals surface area contributed by atoms with Crippen LogP contribution < -0.4 is 48.4 Å². The van der Waals surface area contributed by atoms with Gasteiger partial charge in [-0.05, 0) is 19.4 Å². The van der Waals surface area contributed by atoms with E-state index in [1.165, 1.54) is 0 Å². The topological polar surface area (TPSA) is 37.3 Å². The third-order valence-electron chi connectivity index (χ3n) is 2.03. The molecule has 1 N–H and O–H groups in total. The third kappa shape index (κ3) is 3.80. The normalized spacial score (nSPS) is 9.57. The summed E-state index contributed by atoms with van der Waals surface area (Å²) in [6.07, 6.45) is 0. The largest absolute Gasteiger partial charge is 1.00 e. The molecular formula is C10H14LiNaO2. The smallest absolute Gasteiger partial charge is 1.00 e. The Morgan fingerprint density at radius 1 is 1.29 bits per heavy atom. The van der Waals surface area contributed by atoms with Crippen LogP contribution in [0.15, 0.2) is 30.3 Å². The van der Waals surface area contributed by atoms with Crippen molar-refractivity contribution in [1.82, 2.24) is 0 Å². The molecule has 0 fully saturated rings. The number of hydrogen-bond acceptors (Lipinski definition) is 1. The van der Waals surface area contributed by atoms with E-state index >= 15 is 0 Å². The van der Waals surface area contributed by atoms with Gasteiger partial charge in [-0.1, -0.05) is 30.3 Å². The Balaban J connectivity index is -0.000000180. The molecule has 0 spiro atoms. The number of carbonyl (C=O) groups is 1. The molecular weight excluding hydrogens is 182 g/mol. The van der Waals surface area contributed by atoms with E-state index in [-0.39, 0.29) is 51.3 Å². The van der Waals surface area contributed by atoms with Crippen LogP contribution in [-0.4, -0.2) is 11.1 Å². The zero-order valence-electron chi connectivity index (χ0n) is 11.2. The number of rotatable bonds is 2. The Labute approximate surface area is 122 Å². The van der Waals surface area contributed by atoms with E-state index in [1.54, 1.807) is 13.8 Å². The first-order chi connectivity index (χ1) is 5.55. The molecule has 0 aromatic heterocycles. The van der Waals surface area contributed by atoms with Crippen molar-refractivity contribution in [1.29, 1.82) is 0 Å². The van der Waals surface area contributed by atoms with Crippen molar-refractivity contribution >= 4 is 5.97 Å². The number of aliphatic carboxylic acids is 1. The first-order valence-electron chi connectivity index (χ1n) is 3.84. The van der Waals surface area contributed by atoms with E-state index in [0.29, 0.717) is 0 Å². The molecule has 4 heteroatoms. The Bertz CT molecular complexity index is 294. The summed E-state index contributed by atoms with van der Waals surface area (Å²) in [6.45, 7) is 3.40. The zero-order chi connectivity index (χ0) is 9.19. The number of carboxylic acids is 1. The van der Waals surface area contributed by atoms with Crippen LogP contribution in [0.4, 0.5) is 0 Å². The summed E-state index contributed by atoms with van der Waals surface area (Å²) in [6, 6.07) is 9.23. The fourth-order valence-electron chi connectivity index (χ4n) is 0.978. The van der Waals surface area contributed by atoms with Crippen LogP contribution in [0, 0.1) is 0 Å². The van der Waals surface area contributed by atoms with Gasteiger partial charge in [0.25, 0.3) is 0 Å². The molecule has 0 bridgehead atoms. The van der Waals surface area contributed by atoms with E-state index in [1.807, 2.05) is 30.3 Å². The summed E-state index contributed by atoms with van der Waals surface area (Å²) in [5.74, 6) is -0.797. The van der Waals surface area contributed by atoms with Gasteiger partial charge in [0.15, 0.2) is 0 Å². The van der Waals surface area contributed by atoms with Crippen molar-refractivity contribution in [2.75, 3.05) is 0 Å². The molecule has 1 aromatic rings. The van der Waals surface area contributed by atoms with Crippen LogP contribution in [0.5, 0.6) is 0 Å². The predicted molar refractivity (Wildman–Crippen MR) is 49.3 cm³/mol. The van der Waals surface area contributed by atoms with E-state index < -0.39 is 11.4 Å². The quantitative estimate of drug-likeness (QED) is 0.494. The third-order valence-corrected chi connectivity index (χ3v) is 2.03. The van der Waals surface area contributed by atoms with Gasteiger partial charge in [0.1, 0.15) is 0 Å². The zero-order valence-corrected chi connectivity index (χ0v) is 11.2. The Kier molecular flexibility index (Phi) is 8.01. The Hall–Kier alpha value is 0.287. The minimum Gasteiger partial charge on any atom is -1.00 e. The van der Waals surface area contributed by atoms with Gasteiger partial charge in [0.2, 0.25) is 0 Å². The number of benzene rings is 1. The molecule has 0 aliphatic heterocycles. The molecule has 2 nitrogen and oxygen atoms in total.